The van der Waals surface area contributed by atoms with Gasteiger partial charge in [0.05, 0.1) is 12.1 Å². The first-order valence-corrected chi connectivity index (χ1v) is 8.42. The fourth-order valence-electron chi connectivity index (χ4n) is 2.95. The van der Waals surface area contributed by atoms with E-state index in [0.29, 0.717) is 12.5 Å². The first kappa shape index (κ1) is 17.7. The number of nitrogens with one attached hydrogen (secondary N) is 1. The molecule has 1 aliphatic rings. The third-order valence-electron chi connectivity index (χ3n) is 4.33. The van der Waals surface area contributed by atoms with Crippen molar-refractivity contribution in [2.45, 2.75) is 46.2 Å². The van der Waals surface area contributed by atoms with Gasteiger partial charge in [0, 0.05) is 19.6 Å². The van der Waals surface area contributed by atoms with Gasteiger partial charge in [0.1, 0.15) is 12.2 Å². The number of aromatic nitrogens is 3. The van der Waals surface area contributed by atoms with Gasteiger partial charge < -0.3 is 15.1 Å². The van der Waals surface area contributed by atoms with Crippen molar-refractivity contribution >= 4 is 6.03 Å². The lowest BCUT2D eigenvalue weighted by molar-refractivity contribution is 0.203. The van der Waals surface area contributed by atoms with Crippen LogP contribution >= 0.6 is 0 Å². The molecule has 2 amide bonds. The number of nitrogens with zero attached hydrogens (tertiary/aromatic N) is 5. The molecule has 0 saturated carbocycles. The molecule has 1 saturated heterocycles. The maximum atomic E-state index is 12.3. The molecular weight excluding hydrogens is 292 g/mol. The topological polar surface area (TPSA) is 66.3 Å². The SMILES string of the molecule is CCN(C)CC1CCN(C(=O)NCc2ncnn2C(C)(C)C)C1. The Morgan fingerprint density at radius 3 is 2.87 bits per heavy atom. The number of urea groups is 1. The Kier molecular flexibility index (Phi) is 5.62. The second-order valence-corrected chi connectivity index (χ2v) is 7.37. The average Bonchev–Trinajstić information content (AvgIpc) is 3.12. The fraction of sp³-hybridized carbons (Fsp3) is 0.812. The molecule has 1 fully saturated rings. The summed E-state index contributed by atoms with van der Waals surface area (Å²) >= 11 is 0. The first-order valence-electron chi connectivity index (χ1n) is 8.42. The summed E-state index contributed by atoms with van der Waals surface area (Å²) in [4.78, 5) is 20.8. The van der Waals surface area contributed by atoms with Crippen molar-refractivity contribution in [1.29, 1.82) is 0 Å². The quantitative estimate of drug-likeness (QED) is 0.892. The molecule has 0 spiro atoms. The molecule has 1 aromatic rings. The number of likely N-dealkylation sites (tertiary alicyclic amines) is 1. The predicted molar refractivity (Wildman–Crippen MR) is 90.1 cm³/mol. The number of carbonyl (C=O) groups excluding carboxylic acids is 1. The molecule has 1 atom stereocenters. The molecule has 1 N–H and O–H groups in total. The number of amides is 2. The smallest absolute Gasteiger partial charge is 0.317 e. The van der Waals surface area contributed by atoms with E-state index in [-0.39, 0.29) is 11.6 Å². The van der Waals surface area contributed by atoms with Gasteiger partial charge in [0.15, 0.2) is 0 Å². The Hall–Kier alpha value is -1.63. The van der Waals surface area contributed by atoms with Crippen molar-refractivity contribution in [3.05, 3.63) is 12.2 Å². The van der Waals surface area contributed by atoms with Crippen LogP contribution in [0, 0.1) is 5.92 Å². The van der Waals surface area contributed by atoms with E-state index in [2.05, 4.69) is 55.0 Å². The molecule has 1 aromatic heterocycles. The van der Waals surface area contributed by atoms with Crippen LogP contribution in [0.3, 0.4) is 0 Å². The highest BCUT2D eigenvalue weighted by Crippen LogP contribution is 2.17. The number of carbonyl (C=O) groups is 1. The van der Waals surface area contributed by atoms with Crippen molar-refractivity contribution in [2.24, 2.45) is 5.92 Å². The summed E-state index contributed by atoms with van der Waals surface area (Å²) in [6.45, 7) is 12.6. The largest absolute Gasteiger partial charge is 0.331 e. The van der Waals surface area contributed by atoms with Crippen molar-refractivity contribution in [2.75, 3.05) is 33.2 Å². The van der Waals surface area contributed by atoms with E-state index in [4.69, 9.17) is 0 Å². The Labute approximate surface area is 139 Å². The molecule has 1 unspecified atom stereocenters. The maximum Gasteiger partial charge on any atom is 0.317 e. The lowest BCUT2D eigenvalue weighted by Crippen LogP contribution is -2.40. The van der Waals surface area contributed by atoms with Gasteiger partial charge in [-0.3, -0.25) is 0 Å². The molecule has 7 heteroatoms. The highest BCUT2D eigenvalue weighted by Gasteiger charge is 2.27. The monoisotopic (exact) mass is 322 g/mol. The Bertz CT molecular complexity index is 521. The van der Waals surface area contributed by atoms with E-state index in [1.54, 1.807) is 6.33 Å². The zero-order valence-corrected chi connectivity index (χ0v) is 15.0. The highest BCUT2D eigenvalue weighted by atomic mass is 16.2. The predicted octanol–water partition coefficient (Wildman–Crippen LogP) is 1.52. The standard InChI is InChI=1S/C16H30N6O/c1-6-20(5)10-13-7-8-21(11-13)15(23)17-9-14-18-12-19-22(14)16(2,3)4/h12-13H,6-11H2,1-5H3,(H,17,23). The summed E-state index contributed by atoms with van der Waals surface area (Å²) in [7, 11) is 2.13. The van der Waals surface area contributed by atoms with Gasteiger partial charge in [-0.25, -0.2) is 14.5 Å². The van der Waals surface area contributed by atoms with Crippen LogP contribution in [0.25, 0.3) is 0 Å². The summed E-state index contributed by atoms with van der Waals surface area (Å²) in [6, 6.07) is -0.00453. The van der Waals surface area contributed by atoms with Gasteiger partial charge in [0.2, 0.25) is 0 Å². The molecule has 7 nitrogen and oxygen atoms in total. The summed E-state index contributed by atoms with van der Waals surface area (Å²) in [5.41, 5.74) is -0.139. The van der Waals surface area contributed by atoms with Crippen molar-refractivity contribution in [3.8, 4) is 0 Å². The van der Waals surface area contributed by atoms with Crippen LogP contribution in [-0.2, 0) is 12.1 Å². The molecule has 0 aliphatic carbocycles. The van der Waals surface area contributed by atoms with Gasteiger partial charge in [-0.15, -0.1) is 0 Å². The lowest BCUT2D eigenvalue weighted by atomic mass is 10.1. The van der Waals surface area contributed by atoms with Gasteiger partial charge in [-0.2, -0.15) is 5.10 Å². The van der Waals surface area contributed by atoms with Crippen LogP contribution in [0.2, 0.25) is 0 Å². The normalized spacial score (nSPS) is 18.7. The average molecular weight is 322 g/mol. The molecule has 2 rings (SSSR count). The van der Waals surface area contributed by atoms with Crippen LogP contribution in [0.5, 0.6) is 0 Å². The Balaban J connectivity index is 1.83. The van der Waals surface area contributed by atoms with Crippen molar-refractivity contribution in [1.82, 2.24) is 29.9 Å². The maximum absolute atomic E-state index is 12.3. The summed E-state index contributed by atoms with van der Waals surface area (Å²) in [5, 5.41) is 7.23. The molecular formula is C16H30N6O. The minimum absolute atomic E-state index is 0.00453. The third-order valence-corrected chi connectivity index (χ3v) is 4.33. The van der Waals surface area contributed by atoms with Crippen molar-refractivity contribution < 1.29 is 4.79 Å². The molecule has 130 valence electrons. The molecule has 2 heterocycles. The fourth-order valence-corrected chi connectivity index (χ4v) is 2.95. The molecule has 0 radical (unpaired) electrons. The van der Waals surface area contributed by atoms with Crippen LogP contribution in [0.1, 0.15) is 39.9 Å². The zero-order chi connectivity index (χ0) is 17.0. The van der Waals surface area contributed by atoms with Gasteiger partial charge in [-0.1, -0.05) is 6.92 Å². The second kappa shape index (κ2) is 7.29. The zero-order valence-electron chi connectivity index (χ0n) is 15.0. The summed E-state index contributed by atoms with van der Waals surface area (Å²) in [5.74, 6) is 1.36. The van der Waals surface area contributed by atoms with E-state index in [1.807, 2.05) is 9.58 Å². The summed E-state index contributed by atoms with van der Waals surface area (Å²) in [6.07, 6.45) is 2.62. The summed E-state index contributed by atoms with van der Waals surface area (Å²) < 4.78 is 1.86. The number of hydrogen-bond acceptors (Lipinski definition) is 4. The second-order valence-electron chi connectivity index (χ2n) is 7.37. The van der Waals surface area contributed by atoms with Crippen LogP contribution in [-0.4, -0.2) is 63.8 Å². The first-order chi connectivity index (χ1) is 10.8. The molecule has 0 aromatic carbocycles. The Morgan fingerprint density at radius 2 is 2.22 bits per heavy atom. The van der Waals surface area contributed by atoms with E-state index < -0.39 is 0 Å². The van der Waals surface area contributed by atoms with E-state index in [9.17, 15) is 4.79 Å². The lowest BCUT2D eigenvalue weighted by Gasteiger charge is -2.22. The number of hydrogen-bond donors (Lipinski definition) is 1. The highest BCUT2D eigenvalue weighted by molar-refractivity contribution is 5.74. The molecule has 0 bridgehead atoms. The van der Waals surface area contributed by atoms with E-state index >= 15 is 0 Å². The van der Waals surface area contributed by atoms with Crippen LogP contribution < -0.4 is 5.32 Å². The van der Waals surface area contributed by atoms with Gasteiger partial charge in [0.25, 0.3) is 0 Å². The molecule has 1 aliphatic heterocycles. The van der Waals surface area contributed by atoms with Crippen LogP contribution in [0.4, 0.5) is 4.79 Å². The van der Waals surface area contributed by atoms with E-state index in [0.717, 1.165) is 38.4 Å². The van der Waals surface area contributed by atoms with Gasteiger partial charge in [-0.05, 0) is 46.7 Å². The minimum Gasteiger partial charge on any atom is -0.331 e. The number of rotatable bonds is 5. The third kappa shape index (κ3) is 4.67. The molecule has 23 heavy (non-hydrogen) atoms. The van der Waals surface area contributed by atoms with Crippen LogP contribution in [0.15, 0.2) is 6.33 Å². The minimum atomic E-state index is -0.139. The van der Waals surface area contributed by atoms with Crippen molar-refractivity contribution in [3.63, 3.8) is 0 Å². The van der Waals surface area contributed by atoms with Gasteiger partial charge >= 0.3 is 6.03 Å². The Morgan fingerprint density at radius 1 is 1.48 bits per heavy atom. The van der Waals surface area contributed by atoms with E-state index in [1.165, 1.54) is 0 Å².